The highest BCUT2D eigenvalue weighted by atomic mass is 32.1. The van der Waals surface area contributed by atoms with E-state index >= 15 is 0 Å². The molecule has 0 aliphatic heterocycles. The molecule has 0 radical (unpaired) electrons. The number of para-hydroxylation sites is 1. The minimum absolute atomic E-state index is 0.0391. The van der Waals surface area contributed by atoms with E-state index in [1.807, 2.05) is 36.4 Å². The van der Waals surface area contributed by atoms with Crippen LogP contribution in [-0.4, -0.2) is 9.38 Å². The molecule has 1 aliphatic rings. The fourth-order valence-electron chi connectivity index (χ4n) is 7.97. The summed E-state index contributed by atoms with van der Waals surface area (Å²) >= 11 is 1.54. The predicted molar refractivity (Wildman–Crippen MR) is 217 cm³/mol. The molecule has 0 spiro atoms. The van der Waals surface area contributed by atoms with E-state index in [4.69, 9.17) is 4.98 Å². The first-order chi connectivity index (χ1) is 25.4. The third-order valence-electron chi connectivity index (χ3n) is 10.7. The number of anilines is 3. The van der Waals surface area contributed by atoms with Gasteiger partial charge in [-0.3, -0.25) is 9.20 Å². The minimum atomic E-state index is -0.112. The predicted octanol–water partition coefficient (Wildman–Crippen LogP) is 12.2. The molecule has 52 heavy (non-hydrogen) atoms. The van der Waals surface area contributed by atoms with Crippen molar-refractivity contribution in [3.63, 3.8) is 0 Å². The van der Waals surface area contributed by atoms with E-state index in [1.54, 1.807) is 15.7 Å². The molecule has 0 saturated heterocycles. The lowest BCUT2D eigenvalue weighted by Crippen LogP contribution is -2.16. The number of hydrogen-bond acceptors (Lipinski definition) is 4. The minimum Gasteiger partial charge on any atom is -0.310 e. The van der Waals surface area contributed by atoms with Gasteiger partial charge in [-0.05, 0) is 105 Å². The summed E-state index contributed by atoms with van der Waals surface area (Å²) in [4.78, 5) is 21.8. The molecule has 2 aromatic heterocycles. The molecule has 4 nitrogen and oxygen atoms in total. The zero-order valence-corrected chi connectivity index (χ0v) is 29.6. The summed E-state index contributed by atoms with van der Waals surface area (Å²) in [5.41, 5.74) is 14.4. The van der Waals surface area contributed by atoms with E-state index in [-0.39, 0.29) is 11.0 Å². The zero-order valence-electron chi connectivity index (χ0n) is 28.7. The van der Waals surface area contributed by atoms with Gasteiger partial charge in [-0.15, -0.1) is 0 Å². The van der Waals surface area contributed by atoms with Crippen LogP contribution in [0.2, 0.25) is 0 Å². The van der Waals surface area contributed by atoms with Crippen LogP contribution in [0.1, 0.15) is 25.0 Å². The first-order valence-electron chi connectivity index (χ1n) is 17.6. The van der Waals surface area contributed by atoms with Gasteiger partial charge in [-0.1, -0.05) is 128 Å². The van der Waals surface area contributed by atoms with Crippen molar-refractivity contribution in [2.45, 2.75) is 19.3 Å². The Bertz CT molecular complexity index is 2890. The summed E-state index contributed by atoms with van der Waals surface area (Å²) in [6.07, 6.45) is 0. The second-order valence-corrected chi connectivity index (χ2v) is 15.0. The van der Waals surface area contributed by atoms with Gasteiger partial charge in [0.15, 0.2) is 4.96 Å². The number of benzene rings is 7. The molecule has 0 saturated carbocycles. The van der Waals surface area contributed by atoms with Crippen molar-refractivity contribution in [3.05, 3.63) is 185 Å². The lowest BCUT2D eigenvalue weighted by atomic mass is 9.82. The lowest BCUT2D eigenvalue weighted by molar-refractivity contribution is 0.660. The van der Waals surface area contributed by atoms with Crippen molar-refractivity contribution in [2.75, 3.05) is 4.90 Å². The Labute approximate surface area is 305 Å². The maximum atomic E-state index is 13.8. The molecule has 5 heteroatoms. The summed E-state index contributed by atoms with van der Waals surface area (Å²) in [5.74, 6) is 0. The summed E-state index contributed by atoms with van der Waals surface area (Å²) < 4.78 is 2.79. The molecule has 0 bridgehead atoms. The van der Waals surface area contributed by atoms with Crippen LogP contribution < -0.4 is 10.5 Å². The highest BCUT2D eigenvalue weighted by molar-refractivity contribution is 7.23. The van der Waals surface area contributed by atoms with Gasteiger partial charge < -0.3 is 4.90 Å². The van der Waals surface area contributed by atoms with Gasteiger partial charge >= 0.3 is 0 Å². The van der Waals surface area contributed by atoms with Crippen LogP contribution in [0.25, 0.3) is 59.5 Å². The van der Waals surface area contributed by atoms with Crippen LogP contribution in [0, 0.1) is 0 Å². The van der Waals surface area contributed by atoms with Gasteiger partial charge in [0.25, 0.3) is 5.56 Å². The molecule has 1 aliphatic carbocycles. The molecule has 0 fully saturated rings. The van der Waals surface area contributed by atoms with Gasteiger partial charge in [-0.25, -0.2) is 4.98 Å². The van der Waals surface area contributed by atoms with Crippen molar-refractivity contribution in [1.82, 2.24) is 9.38 Å². The summed E-state index contributed by atoms with van der Waals surface area (Å²) in [7, 11) is 0. The number of aromatic nitrogens is 2. The van der Waals surface area contributed by atoms with Gasteiger partial charge in [0.05, 0.1) is 21.1 Å². The van der Waals surface area contributed by atoms with E-state index in [1.165, 1.54) is 33.4 Å². The van der Waals surface area contributed by atoms with E-state index < -0.39 is 0 Å². The quantitative estimate of drug-likeness (QED) is 0.181. The van der Waals surface area contributed by atoms with Crippen molar-refractivity contribution in [3.8, 4) is 33.4 Å². The standard InChI is InChI=1S/C47H33N3OS/c1-47(2)40-13-7-6-12-37(40)38-26-25-36(29-41(38)47)49(34-21-16-31(17-22-34)30-10-4-3-5-11-30)35-23-18-32(19-24-35)33-20-27-42-39(28-33)45(51)50-43-14-8-9-15-44(43)52-46(50)48-42/h3-29H,1-2H3. The van der Waals surface area contributed by atoms with E-state index in [2.05, 4.69) is 146 Å². The Balaban J connectivity index is 1.07. The van der Waals surface area contributed by atoms with Crippen LogP contribution in [0.3, 0.4) is 0 Å². The molecular formula is C47H33N3OS. The SMILES string of the molecule is CC1(C)c2ccccc2-c2ccc(N(c3ccc(-c4ccccc4)cc3)c3ccc(-c4ccc5nc6sc7ccccc7n6c(=O)c5c4)cc3)cc21. The third-order valence-corrected chi connectivity index (χ3v) is 11.7. The van der Waals surface area contributed by atoms with E-state index in [0.29, 0.717) is 15.9 Å². The number of thiazole rings is 1. The van der Waals surface area contributed by atoms with Crippen molar-refractivity contribution < 1.29 is 0 Å². The molecule has 0 amide bonds. The Hall–Kier alpha value is -6.30. The molecule has 248 valence electrons. The average Bonchev–Trinajstić information content (AvgIpc) is 3.68. The van der Waals surface area contributed by atoms with Crippen molar-refractivity contribution >= 4 is 54.5 Å². The lowest BCUT2D eigenvalue weighted by Gasteiger charge is -2.28. The Morgan fingerprint density at radius 2 is 1.15 bits per heavy atom. The molecular weight excluding hydrogens is 655 g/mol. The number of rotatable bonds is 5. The maximum absolute atomic E-state index is 13.8. The molecule has 0 N–H and O–H groups in total. The first kappa shape index (κ1) is 30.5. The van der Waals surface area contributed by atoms with Crippen LogP contribution in [0.15, 0.2) is 169 Å². The second-order valence-electron chi connectivity index (χ2n) is 14.0. The van der Waals surface area contributed by atoms with Gasteiger partial charge in [0.2, 0.25) is 0 Å². The van der Waals surface area contributed by atoms with Gasteiger partial charge in [0.1, 0.15) is 0 Å². The third kappa shape index (κ3) is 4.74. The van der Waals surface area contributed by atoms with Crippen LogP contribution in [-0.2, 0) is 5.41 Å². The fraction of sp³-hybridized carbons (Fsp3) is 0.0638. The van der Waals surface area contributed by atoms with Crippen molar-refractivity contribution in [1.29, 1.82) is 0 Å². The first-order valence-corrected chi connectivity index (χ1v) is 18.4. The Kier molecular flexibility index (Phi) is 6.82. The highest BCUT2D eigenvalue weighted by Crippen LogP contribution is 2.50. The van der Waals surface area contributed by atoms with Crippen LogP contribution in [0.5, 0.6) is 0 Å². The topological polar surface area (TPSA) is 37.6 Å². The van der Waals surface area contributed by atoms with Crippen LogP contribution >= 0.6 is 11.3 Å². The fourth-order valence-corrected chi connectivity index (χ4v) is 8.99. The highest BCUT2D eigenvalue weighted by Gasteiger charge is 2.35. The molecule has 0 unspecified atom stereocenters. The Morgan fingerprint density at radius 3 is 1.92 bits per heavy atom. The number of fused-ring (bicyclic) bond motifs is 7. The zero-order chi connectivity index (χ0) is 35.0. The average molecular weight is 688 g/mol. The normalized spacial score (nSPS) is 13.0. The molecule has 7 aromatic carbocycles. The Morgan fingerprint density at radius 1 is 0.558 bits per heavy atom. The monoisotopic (exact) mass is 687 g/mol. The summed E-state index contributed by atoms with van der Waals surface area (Å²) in [5, 5.41) is 0.615. The number of hydrogen-bond donors (Lipinski definition) is 0. The summed E-state index contributed by atoms with van der Waals surface area (Å²) in [6, 6.07) is 57.7. The largest absolute Gasteiger partial charge is 0.310 e. The van der Waals surface area contributed by atoms with Crippen LogP contribution in [0.4, 0.5) is 17.1 Å². The molecule has 0 atom stereocenters. The van der Waals surface area contributed by atoms with E-state index in [9.17, 15) is 4.79 Å². The van der Waals surface area contributed by atoms with Crippen molar-refractivity contribution in [2.24, 2.45) is 0 Å². The van der Waals surface area contributed by atoms with E-state index in [0.717, 1.165) is 38.4 Å². The van der Waals surface area contributed by atoms with Gasteiger partial charge in [-0.2, -0.15) is 0 Å². The second kappa shape index (κ2) is 11.6. The smallest absolute Gasteiger partial charge is 0.266 e. The maximum Gasteiger partial charge on any atom is 0.266 e. The molecule has 9 aromatic rings. The molecule has 2 heterocycles. The molecule has 10 rings (SSSR count). The summed E-state index contributed by atoms with van der Waals surface area (Å²) in [6.45, 7) is 4.65. The van der Waals surface area contributed by atoms with Gasteiger partial charge in [0, 0.05) is 22.5 Å². The number of nitrogens with zero attached hydrogens (tertiary/aromatic N) is 3.